The number of rotatable bonds is 6. The summed E-state index contributed by atoms with van der Waals surface area (Å²) in [5.74, 6) is -0.0191. The van der Waals surface area contributed by atoms with Gasteiger partial charge in [-0.25, -0.2) is 4.79 Å². The van der Waals surface area contributed by atoms with Crippen molar-refractivity contribution in [2.75, 3.05) is 5.73 Å². The molecule has 0 saturated carbocycles. The minimum absolute atomic E-state index is 0.0191. The Bertz CT molecular complexity index is 1330. The maximum absolute atomic E-state index is 13.4. The average molecular weight is 508 g/mol. The van der Waals surface area contributed by atoms with E-state index in [-0.39, 0.29) is 23.3 Å². The highest BCUT2D eigenvalue weighted by atomic mass is 79.9. The van der Waals surface area contributed by atoms with Crippen LogP contribution in [0.3, 0.4) is 0 Å². The smallest absolute Gasteiger partial charge is 0.330 e. The van der Waals surface area contributed by atoms with Crippen LogP contribution in [0, 0.1) is 13.8 Å². The Balaban J connectivity index is 1.80. The molecule has 0 aromatic carbocycles. The maximum Gasteiger partial charge on any atom is 0.330 e. The number of nitrogen functional groups attached to an aromatic ring is 1. The Morgan fingerprint density at radius 2 is 1.90 bits per heavy atom. The van der Waals surface area contributed by atoms with Crippen LogP contribution in [0.5, 0.6) is 0 Å². The normalized spacial score (nSPS) is 11.5. The molecule has 0 bridgehead atoms. The van der Waals surface area contributed by atoms with Crippen LogP contribution in [0.25, 0.3) is 11.2 Å². The molecule has 0 amide bonds. The first-order chi connectivity index (χ1) is 14.8. The van der Waals surface area contributed by atoms with Crippen LogP contribution in [0.15, 0.2) is 40.0 Å². The second-order valence-electron chi connectivity index (χ2n) is 7.38. The van der Waals surface area contributed by atoms with Gasteiger partial charge in [0.15, 0.2) is 10.8 Å². The van der Waals surface area contributed by atoms with Crippen molar-refractivity contribution in [3.05, 3.63) is 67.7 Å². The highest BCUT2D eigenvalue weighted by Gasteiger charge is 2.25. The molecule has 4 aromatic heterocycles. The van der Waals surface area contributed by atoms with Crippen molar-refractivity contribution < 1.29 is 9.94 Å². The van der Waals surface area contributed by atoms with Crippen LogP contribution < -0.4 is 16.2 Å². The van der Waals surface area contributed by atoms with Crippen molar-refractivity contribution in [1.82, 2.24) is 23.7 Å². The number of pyridine rings is 1. The van der Waals surface area contributed by atoms with Gasteiger partial charge >= 0.3 is 5.69 Å². The number of imidazole rings is 1. The van der Waals surface area contributed by atoms with Crippen molar-refractivity contribution in [2.45, 2.75) is 39.9 Å². The molecule has 31 heavy (non-hydrogen) atoms. The second-order valence-corrected chi connectivity index (χ2v) is 8.53. The van der Waals surface area contributed by atoms with Gasteiger partial charge in [-0.2, -0.15) is 9.97 Å². The first kappa shape index (κ1) is 21.4. The molecule has 11 heteroatoms. The van der Waals surface area contributed by atoms with E-state index < -0.39 is 0 Å². The van der Waals surface area contributed by atoms with E-state index in [1.54, 1.807) is 10.8 Å². The Kier molecular flexibility index (Phi) is 5.76. The SMILES string of the molecule is Cc1c[n+](O)c(Cn2c(=O)n(CCCn3cccc3)c3c(Cl)nc(N)nc32)c(C)c1Br. The summed E-state index contributed by atoms with van der Waals surface area (Å²) in [4.78, 5) is 21.7. The van der Waals surface area contributed by atoms with E-state index in [9.17, 15) is 10.0 Å². The summed E-state index contributed by atoms with van der Waals surface area (Å²) in [7, 11) is 0. The molecule has 9 nitrogen and oxygen atoms in total. The third-order valence-electron chi connectivity index (χ3n) is 5.30. The van der Waals surface area contributed by atoms with E-state index in [0.717, 1.165) is 26.9 Å². The number of nitrogens with zero attached hydrogens (tertiary/aromatic N) is 6. The van der Waals surface area contributed by atoms with Gasteiger partial charge in [-0.15, -0.1) is 0 Å². The number of fused-ring (bicyclic) bond motifs is 1. The molecule has 0 saturated heterocycles. The third-order valence-corrected chi connectivity index (χ3v) is 6.78. The quantitative estimate of drug-likeness (QED) is 0.237. The van der Waals surface area contributed by atoms with E-state index in [2.05, 4.69) is 25.9 Å². The standard InChI is InChI=1S/C20H22BrClN7O2/c1-12-10-29(31)14(13(2)15(12)21)11-28-18-16(17(22)24-19(23)25-18)27(20(28)30)9-5-8-26-6-3-4-7-26/h3-4,6-7,10,31H,5,8-9,11H2,1-2H3,(H2,23,24,25)/q+1. The predicted octanol–water partition coefficient (Wildman–Crippen LogP) is 2.67. The van der Waals surface area contributed by atoms with Crippen molar-refractivity contribution in [2.24, 2.45) is 0 Å². The van der Waals surface area contributed by atoms with Gasteiger partial charge in [0.05, 0.1) is 0 Å². The van der Waals surface area contributed by atoms with Crippen molar-refractivity contribution in [3.63, 3.8) is 0 Å². The van der Waals surface area contributed by atoms with E-state index in [4.69, 9.17) is 17.3 Å². The van der Waals surface area contributed by atoms with Gasteiger partial charge in [0, 0.05) is 45.8 Å². The number of anilines is 1. The molecule has 0 aliphatic carbocycles. The highest BCUT2D eigenvalue weighted by molar-refractivity contribution is 9.10. The molecule has 0 spiro atoms. The number of hydrogen-bond acceptors (Lipinski definition) is 5. The van der Waals surface area contributed by atoms with E-state index in [1.807, 2.05) is 42.9 Å². The molecule has 0 atom stereocenters. The molecule has 162 valence electrons. The van der Waals surface area contributed by atoms with Crippen LogP contribution in [0.1, 0.15) is 23.2 Å². The van der Waals surface area contributed by atoms with Crippen molar-refractivity contribution >= 4 is 44.6 Å². The molecule has 0 radical (unpaired) electrons. The van der Waals surface area contributed by atoms with Crippen molar-refractivity contribution in [3.8, 4) is 0 Å². The minimum Gasteiger partial charge on any atom is -0.368 e. The average Bonchev–Trinajstić information content (AvgIpc) is 3.31. The number of hydrogen-bond donors (Lipinski definition) is 2. The topological polar surface area (TPSA) is 108 Å². The van der Waals surface area contributed by atoms with Gasteiger partial charge in [-0.05, 0) is 48.3 Å². The zero-order chi connectivity index (χ0) is 22.3. The molecule has 4 aromatic rings. The lowest BCUT2D eigenvalue weighted by atomic mass is 10.1. The summed E-state index contributed by atoms with van der Waals surface area (Å²) in [6.45, 7) is 5.03. The summed E-state index contributed by atoms with van der Waals surface area (Å²) in [5.41, 5.74) is 8.52. The lowest BCUT2D eigenvalue weighted by molar-refractivity contribution is -0.910. The number of halogens is 2. The number of aromatic nitrogens is 6. The number of aryl methyl sites for hydroxylation is 3. The molecule has 0 unspecified atom stereocenters. The van der Waals surface area contributed by atoms with Gasteiger partial charge < -0.3 is 10.3 Å². The Morgan fingerprint density at radius 1 is 1.19 bits per heavy atom. The van der Waals surface area contributed by atoms with Gasteiger partial charge in [-0.1, -0.05) is 11.6 Å². The summed E-state index contributed by atoms with van der Waals surface area (Å²) in [6.07, 6.45) is 6.25. The third kappa shape index (κ3) is 3.92. The van der Waals surface area contributed by atoms with Crippen LogP contribution >= 0.6 is 27.5 Å². The summed E-state index contributed by atoms with van der Waals surface area (Å²) >= 11 is 9.91. The van der Waals surface area contributed by atoms with Gasteiger partial charge in [0.2, 0.25) is 12.1 Å². The van der Waals surface area contributed by atoms with Gasteiger partial charge in [0.25, 0.3) is 5.69 Å². The van der Waals surface area contributed by atoms with Crippen LogP contribution in [0.2, 0.25) is 5.15 Å². The Morgan fingerprint density at radius 3 is 2.61 bits per heavy atom. The largest absolute Gasteiger partial charge is 0.368 e. The van der Waals surface area contributed by atoms with E-state index in [1.165, 1.54) is 4.57 Å². The fourth-order valence-corrected chi connectivity index (χ4v) is 4.32. The van der Waals surface area contributed by atoms with E-state index >= 15 is 0 Å². The summed E-state index contributed by atoms with van der Waals surface area (Å²) < 4.78 is 6.97. The van der Waals surface area contributed by atoms with E-state index in [0.29, 0.717) is 29.8 Å². The molecule has 4 rings (SSSR count). The molecule has 3 N–H and O–H groups in total. The molecule has 0 aliphatic heterocycles. The van der Waals surface area contributed by atoms with Crippen molar-refractivity contribution in [1.29, 1.82) is 0 Å². The Labute approximate surface area is 191 Å². The van der Waals surface area contributed by atoms with Gasteiger partial charge in [0.1, 0.15) is 12.1 Å². The zero-order valence-electron chi connectivity index (χ0n) is 17.1. The summed E-state index contributed by atoms with van der Waals surface area (Å²) in [5, 5.41) is 10.6. The number of nitrogens with two attached hydrogens (primary N) is 1. The summed E-state index contributed by atoms with van der Waals surface area (Å²) in [6, 6.07) is 3.91. The monoisotopic (exact) mass is 506 g/mol. The highest BCUT2D eigenvalue weighted by Crippen LogP contribution is 2.24. The zero-order valence-corrected chi connectivity index (χ0v) is 19.4. The first-order valence-corrected chi connectivity index (χ1v) is 10.9. The molecule has 0 aliphatic rings. The fraction of sp³-hybridized carbons (Fsp3) is 0.300. The minimum atomic E-state index is -0.291. The van der Waals surface area contributed by atoms with Gasteiger partial charge in [-0.3, -0.25) is 14.3 Å². The lowest BCUT2D eigenvalue weighted by Gasteiger charge is -2.06. The lowest BCUT2D eigenvalue weighted by Crippen LogP contribution is -2.39. The predicted molar refractivity (Wildman–Crippen MR) is 120 cm³/mol. The first-order valence-electron chi connectivity index (χ1n) is 9.70. The fourth-order valence-electron chi connectivity index (χ4n) is 3.72. The maximum atomic E-state index is 13.4. The molecule has 0 fully saturated rings. The van der Waals surface area contributed by atoms with Crippen LogP contribution in [-0.2, 0) is 19.6 Å². The Hall–Kier alpha value is -2.85. The second kappa shape index (κ2) is 8.35. The van der Waals surface area contributed by atoms with Crippen LogP contribution in [-0.4, -0.2) is 28.9 Å². The van der Waals surface area contributed by atoms with Crippen LogP contribution in [0.4, 0.5) is 5.95 Å². The molecular weight excluding hydrogens is 486 g/mol. The molecular formula is C20H22BrClN7O2+. The molecule has 4 heterocycles.